The Morgan fingerprint density at radius 2 is 0.872 bits per heavy atom. The second kappa shape index (κ2) is 45.2. The summed E-state index contributed by atoms with van der Waals surface area (Å²) < 4.78 is 97.6. The molecule has 117 heavy (non-hydrogen) atoms. The third kappa shape index (κ3) is 33.5. The summed E-state index contributed by atoms with van der Waals surface area (Å²) in [5.41, 5.74) is 12.3. The van der Waals surface area contributed by atoms with E-state index < -0.39 is 88.9 Å². The number of hydrogen-bond acceptors (Lipinski definition) is 20. The maximum Gasteiger partial charge on any atom is 0.416 e. The third-order valence-electron chi connectivity index (χ3n) is 15.7. The molecule has 0 radical (unpaired) electrons. The molecule has 5 heterocycles. The number of aromatic nitrogens is 5. The monoisotopic (exact) mass is 1620 g/mol. The van der Waals surface area contributed by atoms with Crippen LogP contribution in [0.4, 0.5) is 35.9 Å². The van der Waals surface area contributed by atoms with Crippen molar-refractivity contribution in [2.45, 2.75) is 121 Å². The van der Waals surface area contributed by atoms with E-state index in [-0.39, 0.29) is 61.7 Å². The van der Waals surface area contributed by atoms with Gasteiger partial charge in [-0.05, 0) is 210 Å². The molecular formula is C85H90F6N10O16. The van der Waals surface area contributed by atoms with Crippen molar-refractivity contribution in [3.8, 4) is 23.0 Å². The van der Waals surface area contributed by atoms with Crippen LogP contribution in [-0.2, 0) is 57.1 Å². The summed E-state index contributed by atoms with van der Waals surface area (Å²) in [6, 6.07) is 50.8. The molecule has 11 aromatic rings. The number of carboxylic acids is 3. The Bertz CT molecular complexity index is 4930. The first-order valence-electron chi connectivity index (χ1n) is 36.0. The molecule has 0 fully saturated rings. The highest BCUT2D eigenvalue weighted by Gasteiger charge is 2.32. The zero-order chi connectivity index (χ0) is 85.9. The highest BCUT2D eigenvalue weighted by Crippen LogP contribution is 2.36. The number of aromatic carboxylic acids is 1. The predicted molar refractivity (Wildman–Crippen MR) is 423 cm³/mol. The maximum absolute atomic E-state index is 12.8. The largest absolute Gasteiger partial charge is 0.480 e. The Kier molecular flexibility index (Phi) is 35.9. The summed E-state index contributed by atoms with van der Waals surface area (Å²) in [4.78, 5) is 88.5. The number of carboxylic acid groups (broad SMARTS) is 3. The lowest BCUT2D eigenvalue weighted by atomic mass is 10.0. The van der Waals surface area contributed by atoms with Crippen LogP contribution < -0.4 is 36.9 Å². The molecule has 3 amide bonds. The van der Waals surface area contributed by atoms with E-state index in [4.69, 9.17) is 50.8 Å². The quantitative estimate of drug-likeness (QED) is 0.0265. The molecule has 11 rings (SSSR count). The number of nitrogens with zero attached hydrogens (tertiary/aromatic N) is 5. The number of alkyl halides is 6. The standard InChI is InChI=1S/C25H19F3N2O3.C18H11F3O3.C13H18N2O4.C13H20N2O3.C8H10N2O2.C8H12N2O/c26-25(27,28)19-7-9-20(10-8-19)33-23-5-1-3-16-13-17(6-11-21(16)23)24(32)30-22(15-31)18-4-2-12-29-14-18;19-18(20,21)13-5-7-14(8-6-13)24-16-3-1-2-11-10-12(17(22)23)4-9-15(11)16;1-13(2,3)19-12(18)15-10(11(16)17)8-9-6-4-5-7-14-9;1-13(2,3)18-12(17)15-11(9-16)8-10-6-4-5-7-14-10;9-7(8(11)12)5-6-3-1-2-4-10-6;9-7(6-11)5-8-3-1-2-4-10-8/h1-14,22,31H,15H2,(H,30,32);1-10H,(H,22,23);4-7,10H,8H2,1-3H3,(H,15,18)(H,16,17);4-7,11,16H,8-9H2,1-3H3,(H,15,17);1-4,7H,5,9H2,(H,11,12);1-4,7,11H,5-6,9H2. The molecule has 0 saturated heterocycles. The van der Waals surface area contributed by atoms with Crippen LogP contribution in [-0.4, -0.2) is 147 Å². The Morgan fingerprint density at radius 3 is 1.26 bits per heavy atom. The van der Waals surface area contributed by atoms with Crippen LogP contribution >= 0.6 is 0 Å². The van der Waals surface area contributed by atoms with Gasteiger partial charge in [0.15, 0.2) is 0 Å². The number of amides is 3. The fraction of sp³-hybridized carbons (Fsp3) is 0.259. The van der Waals surface area contributed by atoms with Gasteiger partial charge in [-0.25, -0.2) is 19.2 Å². The number of alkyl carbamates (subject to hydrolysis) is 2. The minimum Gasteiger partial charge on any atom is -0.480 e. The van der Waals surface area contributed by atoms with Gasteiger partial charge in [0.05, 0.1) is 48.6 Å². The van der Waals surface area contributed by atoms with Gasteiger partial charge in [-0.3, -0.25) is 34.5 Å². The van der Waals surface area contributed by atoms with Crippen LogP contribution in [0.5, 0.6) is 23.0 Å². The minimum atomic E-state index is -4.42. The van der Waals surface area contributed by atoms with Gasteiger partial charge >= 0.3 is 42.4 Å². The Morgan fingerprint density at radius 1 is 0.436 bits per heavy atom. The number of ether oxygens (including phenoxy) is 4. The van der Waals surface area contributed by atoms with Crippen molar-refractivity contribution in [3.63, 3.8) is 0 Å². The highest BCUT2D eigenvalue weighted by atomic mass is 19.4. The molecule has 618 valence electrons. The molecule has 32 heteroatoms. The van der Waals surface area contributed by atoms with Crippen molar-refractivity contribution in [2.24, 2.45) is 11.5 Å². The third-order valence-corrected chi connectivity index (χ3v) is 15.7. The van der Waals surface area contributed by atoms with E-state index in [0.717, 1.165) is 35.7 Å². The zero-order valence-electron chi connectivity index (χ0n) is 64.4. The summed E-state index contributed by atoms with van der Waals surface area (Å²) in [6.45, 7) is 10.1. The molecule has 5 atom stereocenters. The average Bonchev–Trinajstić information content (AvgIpc) is 0.800. The summed E-state index contributed by atoms with van der Waals surface area (Å²) in [7, 11) is 0. The van der Waals surface area contributed by atoms with Gasteiger partial charge in [-0.1, -0.05) is 54.6 Å². The number of benzene rings is 6. The van der Waals surface area contributed by atoms with Gasteiger partial charge in [0.25, 0.3) is 5.91 Å². The van der Waals surface area contributed by atoms with Gasteiger partial charge in [0, 0.05) is 108 Å². The number of carbonyl (C=O) groups is 6. The van der Waals surface area contributed by atoms with Crippen molar-refractivity contribution in [1.29, 1.82) is 0 Å². The lowest BCUT2D eigenvalue weighted by molar-refractivity contribution is -0.140. The maximum atomic E-state index is 12.8. The van der Waals surface area contributed by atoms with E-state index >= 15 is 0 Å². The van der Waals surface area contributed by atoms with Gasteiger partial charge in [-0.2, -0.15) is 26.3 Å². The van der Waals surface area contributed by atoms with E-state index in [0.29, 0.717) is 68.4 Å². The molecule has 13 N–H and O–H groups in total. The second-order valence-corrected chi connectivity index (χ2v) is 27.5. The number of rotatable bonds is 23. The number of halogens is 6. The molecule has 0 aliphatic rings. The lowest BCUT2D eigenvalue weighted by Crippen LogP contribution is -2.44. The van der Waals surface area contributed by atoms with E-state index in [1.807, 2.05) is 36.4 Å². The number of hydrogen-bond donors (Lipinski definition) is 11. The molecule has 0 aliphatic carbocycles. The first-order valence-corrected chi connectivity index (χ1v) is 36.0. The van der Waals surface area contributed by atoms with E-state index in [2.05, 4.69) is 40.9 Å². The number of nitrogens with one attached hydrogen (secondary N) is 3. The van der Waals surface area contributed by atoms with Crippen molar-refractivity contribution in [2.75, 3.05) is 19.8 Å². The molecule has 0 aliphatic heterocycles. The van der Waals surface area contributed by atoms with Crippen LogP contribution in [0.25, 0.3) is 21.5 Å². The highest BCUT2D eigenvalue weighted by molar-refractivity contribution is 6.00. The second-order valence-electron chi connectivity index (χ2n) is 27.5. The summed E-state index contributed by atoms with van der Waals surface area (Å²) >= 11 is 0. The number of pyridine rings is 5. The Hall–Kier alpha value is -13.0. The predicted octanol–water partition coefficient (Wildman–Crippen LogP) is 13.9. The summed E-state index contributed by atoms with van der Waals surface area (Å²) in [6.07, 6.45) is 1.15. The summed E-state index contributed by atoms with van der Waals surface area (Å²) in [5, 5.41) is 64.6. The van der Waals surface area contributed by atoms with Crippen LogP contribution in [0.2, 0.25) is 0 Å². The number of aliphatic hydroxyl groups excluding tert-OH is 3. The number of aliphatic hydroxyl groups is 3. The topological polar surface area (TPSA) is 413 Å². The first-order chi connectivity index (χ1) is 55.4. The number of carbonyl (C=O) groups excluding carboxylic acids is 3. The first kappa shape index (κ1) is 92.9. The van der Waals surface area contributed by atoms with Crippen LogP contribution in [0.15, 0.2) is 243 Å². The molecule has 5 aromatic heterocycles. The Balaban J connectivity index is 0.000000227. The fourth-order valence-electron chi connectivity index (χ4n) is 10.2. The van der Waals surface area contributed by atoms with E-state index in [1.54, 1.807) is 188 Å². The Labute approximate surface area is 669 Å². The van der Waals surface area contributed by atoms with Crippen molar-refractivity contribution in [1.82, 2.24) is 40.9 Å². The molecule has 0 spiro atoms. The fourth-order valence-corrected chi connectivity index (χ4v) is 10.2. The number of nitrogens with two attached hydrogens (primary N) is 2. The molecule has 0 bridgehead atoms. The smallest absolute Gasteiger partial charge is 0.416 e. The molecule has 26 nitrogen and oxygen atoms in total. The minimum absolute atomic E-state index is 0.0105. The van der Waals surface area contributed by atoms with Gasteiger partial charge in [0.2, 0.25) is 0 Å². The molecule has 0 saturated carbocycles. The van der Waals surface area contributed by atoms with Crippen molar-refractivity contribution < 1.29 is 105 Å². The lowest BCUT2D eigenvalue weighted by Gasteiger charge is -2.22. The molecular weight excluding hydrogens is 1530 g/mol. The van der Waals surface area contributed by atoms with Crippen LogP contribution in [0.1, 0.15) is 108 Å². The van der Waals surface area contributed by atoms with Gasteiger partial charge in [0.1, 0.15) is 46.3 Å². The van der Waals surface area contributed by atoms with E-state index in [9.17, 15) is 65.3 Å². The SMILES string of the molecule is CC(C)(C)OC(=O)NC(CO)Cc1ccccn1.CC(C)(C)OC(=O)NC(Cc1ccccn1)C(=O)O.NC(CO)Cc1ccccn1.NC(Cc1ccccn1)C(=O)O.O=C(NC(CO)c1cccnc1)c1ccc2c(Oc3ccc(C(F)(F)F)cc3)cccc2c1.O=C(O)c1ccc2c(Oc3ccc(C(F)(F)F)cc3)cccc2c1. The van der Waals surface area contributed by atoms with Crippen molar-refractivity contribution >= 4 is 57.5 Å². The summed E-state index contributed by atoms with van der Waals surface area (Å²) in [5.74, 6) is -2.12. The van der Waals surface area contributed by atoms with Gasteiger partial charge in [-0.15, -0.1) is 0 Å². The van der Waals surface area contributed by atoms with Crippen LogP contribution in [0.3, 0.4) is 0 Å². The van der Waals surface area contributed by atoms with Crippen molar-refractivity contribution in [3.05, 3.63) is 294 Å². The zero-order valence-corrected chi connectivity index (χ0v) is 64.4. The van der Waals surface area contributed by atoms with Gasteiger partial charge < -0.3 is 77.0 Å². The average molecular weight is 1620 g/mol. The normalized spacial score (nSPS) is 12.4. The van der Waals surface area contributed by atoms with Crippen LogP contribution in [0, 0.1) is 0 Å². The van der Waals surface area contributed by atoms with E-state index in [1.165, 1.54) is 36.4 Å². The number of fused-ring (bicyclic) bond motifs is 2. The molecule has 5 unspecified atom stereocenters. The number of aliphatic carboxylic acids is 2. The molecule has 6 aromatic carbocycles.